The minimum atomic E-state index is -3.11. The van der Waals surface area contributed by atoms with Crippen LogP contribution >= 0.6 is 11.3 Å². The van der Waals surface area contributed by atoms with E-state index in [1.807, 2.05) is 49.6 Å². The molecule has 0 N–H and O–H groups in total. The molecule has 1 saturated heterocycles. The van der Waals surface area contributed by atoms with Crippen LogP contribution in [0.4, 0.5) is 0 Å². The third-order valence-corrected chi connectivity index (χ3v) is 7.91. The Morgan fingerprint density at radius 2 is 1.93 bits per heavy atom. The Bertz CT molecular complexity index is 995. The number of sulfone groups is 1. The topological polar surface area (TPSA) is 80.8 Å². The van der Waals surface area contributed by atoms with Crippen LogP contribution < -0.4 is 0 Å². The molecule has 30 heavy (non-hydrogen) atoms. The van der Waals surface area contributed by atoms with Crippen LogP contribution in [0.3, 0.4) is 0 Å². The Labute approximate surface area is 181 Å². The van der Waals surface area contributed by atoms with E-state index in [4.69, 9.17) is 4.74 Å². The molecule has 162 valence electrons. The number of ether oxygens (including phenoxy) is 1. The molecule has 1 fully saturated rings. The van der Waals surface area contributed by atoms with Gasteiger partial charge in [-0.1, -0.05) is 43.2 Å². The van der Waals surface area contributed by atoms with E-state index < -0.39 is 15.8 Å². The number of carbonyl (C=O) groups is 2. The zero-order chi connectivity index (χ0) is 21.7. The fraction of sp³-hybridized carbons (Fsp3) is 0.455. The minimum absolute atomic E-state index is 0.0150. The average Bonchev–Trinajstić information content (AvgIpc) is 3.33. The van der Waals surface area contributed by atoms with E-state index in [2.05, 4.69) is 0 Å². The molecule has 0 bridgehead atoms. The van der Waals surface area contributed by atoms with E-state index >= 15 is 0 Å². The molecule has 1 aromatic heterocycles. The van der Waals surface area contributed by atoms with Gasteiger partial charge in [-0.05, 0) is 36.8 Å². The number of hydrogen-bond donors (Lipinski definition) is 0. The smallest absolute Gasteiger partial charge is 0.349 e. The predicted octanol–water partition coefficient (Wildman–Crippen LogP) is 3.70. The van der Waals surface area contributed by atoms with Crippen LogP contribution in [-0.4, -0.2) is 55.9 Å². The number of hydrogen-bond acceptors (Lipinski definition) is 6. The Balaban J connectivity index is 1.66. The van der Waals surface area contributed by atoms with Gasteiger partial charge in [0.1, 0.15) is 4.88 Å². The summed E-state index contributed by atoms with van der Waals surface area (Å²) in [7, 11) is -3.11. The molecule has 3 rings (SSSR count). The van der Waals surface area contributed by atoms with Crippen LogP contribution in [0, 0.1) is 6.92 Å². The third kappa shape index (κ3) is 5.49. The molecule has 2 heterocycles. The average molecular weight is 450 g/mol. The van der Waals surface area contributed by atoms with Gasteiger partial charge in [-0.3, -0.25) is 4.79 Å². The summed E-state index contributed by atoms with van der Waals surface area (Å²) in [5, 5.41) is 1.82. The van der Waals surface area contributed by atoms with Crippen molar-refractivity contribution in [3.8, 4) is 11.1 Å². The Kier molecular flexibility index (Phi) is 7.31. The molecule has 1 aliphatic rings. The van der Waals surface area contributed by atoms with Crippen molar-refractivity contribution in [3.63, 3.8) is 0 Å². The molecule has 1 aromatic carbocycles. The van der Waals surface area contributed by atoms with Gasteiger partial charge in [-0.15, -0.1) is 11.3 Å². The van der Waals surface area contributed by atoms with Gasteiger partial charge in [0.15, 0.2) is 16.4 Å². The number of nitrogens with zero attached hydrogens (tertiary/aromatic N) is 1. The van der Waals surface area contributed by atoms with Crippen LogP contribution in [0.25, 0.3) is 11.1 Å². The maximum absolute atomic E-state index is 12.8. The van der Waals surface area contributed by atoms with Gasteiger partial charge in [0.25, 0.3) is 5.91 Å². The predicted molar refractivity (Wildman–Crippen MR) is 118 cm³/mol. The molecule has 2 aromatic rings. The largest absolute Gasteiger partial charge is 0.451 e. The molecular formula is C22H27NO5S2. The summed E-state index contributed by atoms with van der Waals surface area (Å²) in [6.07, 6.45) is 2.10. The normalized spacial score (nSPS) is 17.6. The molecule has 0 radical (unpaired) electrons. The van der Waals surface area contributed by atoms with E-state index in [0.717, 1.165) is 29.5 Å². The lowest BCUT2D eigenvalue weighted by Gasteiger charge is -2.28. The highest BCUT2D eigenvalue weighted by molar-refractivity contribution is 7.91. The van der Waals surface area contributed by atoms with Gasteiger partial charge in [-0.2, -0.15) is 0 Å². The van der Waals surface area contributed by atoms with Gasteiger partial charge in [-0.25, -0.2) is 13.2 Å². The van der Waals surface area contributed by atoms with E-state index in [-0.39, 0.29) is 30.1 Å². The summed E-state index contributed by atoms with van der Waals surface area (Å²) in [6, 6.07) is 9.39. The Morgan fingerprint density at radius 1 is 1.20 bits per heavy atom. The van der Waals surface area contributed by atoms with Crippen LogP contribution in [0.2, 0.25) is 0 Å². The van der Waals surface area contributed by atoms with E-state index in [9.17, 15) is 18.0 Å². The number of benzene rings is 1. The van der Waals surface area contributed by atoms with Gasteiger partial charge >= 0.3 is 5.97 Å². The molecule has 1 unspecified atom stereocenters. The lowest BCUT2D eigenvalue weighted by Crippen LogP contribution is -2.43. The van der Waals surface area contributed by atoms with Crippen molar-refractivity contribution in [2.24, 2.45) is 0 Å². The van der Waals surface area contributed by atoms with Gasteiger partial charge in [0.2, 0.25) is 0 Å². The highest BCUT2D eigenvalue weighted by Crippen LogP contribution is 2.29. The van der Waals surface area contributed by atoms with Gasteiger partial charge < -0.3 is 9.64 Å². The first-order chi connectivity index (χ1) is 14.3. The second-order valence-corrected chi connectivity index (χ2v) is 10.7. The molecule has 1 amide bonds. The summed E-state index contributed by atoms with van der Waals surface area (Å²) in [5.74, 6) is -0.794. The van der Waals surface area contributed by atoms with Crippen LogP contribution in [-0.2, 0) is 19.4 Å². The van der Waals surface area contributed by atoms with Crippen molar-refractivity contribution in [2.75, 3.05) is 24.7 Å². The first kappa shape index (κ1) is 22.5. The summed E-state index contributed by atoms with van der Waals surface area (Å²) in [4.78, 5) is 27.5. The standard InChI is InChI=1S/C22H27NO5S2/c1-3-4-11-23(18-10-13-30(26,27)15-18)20(24)14-28-22(25)21-19(9-12-29-21)17-7-5-16(2)6-8-17/h5-9,12,18H,3-4,10-11,13-15H2,1-2H3. The first-order valence-corrected chi connectivity index (χ1v) is 12.8. The van der Waals surface area contributed by atoms with E-state index in [1.54, 1.807) is 4.90 Å². The molecule has 1 aliphatic heterocycles. The lowest BCUT2D eigenvalue weighted by molar-refractivity contribution is -0.136. The number of esters is 1. The zero-order valence-corrected chi connectivity index (χ0v) is 18.9. The highest BCUT2D eigenvalue weighted by Gasteiger charge is 2.34. The summed E-state index contributed by atoms with van der Waals surface area (Å²) in [6.45, 7) is 4.10. The highest BCUT2D eigenvalue weighted by atomic mass is 32.2. The summed E-state index contributed by atoms with van der Waals surface area (Å²) >= 11 is 1.28. The minimum Gasteiger partial charge on any atom is -0.451 e. The fourth-order valence-electron chi connectivity index (χ4n) is 3.56. The molecule has 6 nitrogen and oxygen atoms in total. The van der Waals surface area contributed by atoms with Crippen LogP contribution in [0.15, 0.2) is 35.7 Å². The number of rotatable bonds is 8. The third-order valence-electron chi connectivity index (χ3n) is 5.26. The van der Waals surface area contributed by atoms with E-state index in [0.29, 0.717) is 17.8 Å². The molecular weight excluding hydrogens is 422 g/mol. The second-order valence-electron chi connectivity index (χ2n) is 7.60. The summed E-state index contributed by atoms with van der Waals surface area (Å²) < 4.78 is 29.0. The van der Waals surface area contributed by atoms with Crippen molar-refractivity contribution in [1.29, 1.82) is 0 Å². The number of unbranched alkanes of at least 4 members (excludes halogenated alkanes) is 1. The molecule has 0 saturated carbocycles. The van der Waals surface area contributed by atoms with Crippen LogP contribution in [0.5, 0.6) is 0 Å². The van der Waals surface area contributed by atoms with Crippen molar-refractivity contribution in [3.05, 3.63) is 46.2 Å². The maximum atomic E-state index is 12.8. The van der Waals surface area contributed by atoms with Crippen molar-refractivity contribution >= 4 is 33.1 Å². The molecule has 1 atom stereocenters. The van der Waals surface area contributed by atoms with Crippen molar-refractivity contribution in [2.45, 2.75) is 39.2 Å². The Morgan fingerprint density at radius 3 is 2.57 bits per heavy atom. The SMILES string of the molecule is CCCCN(C(=O)COC(=O)c1sccc1-c1ccc(C)cc1)C1CCS(=O)(=O)C1. The second kappa shape index (κ2) is 9.75. The van der Waals surface area contributed by atoms with Crippen LogP contribution in [0.1, 0.15) is 41.4 Å². The van der Waals surface area contributed by atoms with Gasteiger partial charge in [0, 0.05) is 18.2 Å². The zero-order valence-electron chi connectivity index (χ0n) is 17.3. The quantitative estimate of drug-likeness (QED) is 0.574. The fourth-order valence-corrected chi connectivity index (χ4v) is 6.10. The molecule has 0 aliphatic carbocycles. The summed E-state index contributed by atoms with van der Waals surface area (Å²) in [5.41, 5.74) is 2.83. The number of carbonyl (C=O) groups excluding carboxylic acids is 2. The molecule has 8 heteroatoms. The van der Waals surface area contributed by atoms with Crippen molar-refractivity contribution < 1.29 is 22.7 Å². The van der Waals surface area contributed by atoms with Crippen molar-refractivity contribution in [1.82, 2.24) is 4.90 Å². The number of thiophene rings is 1. The van der Waals surface area contributed by atoms with E-state index in [1.165, 1.54) is 11.3 Å². The lowest BCUT2D eigenvalue weighted by atomic mass is 10.1. The monoisotopic (exact) mass is 449 g/mol. The molecule has 0 spiro atoms. The number of aryl methyl sites for hydroxylation is 1. The Hall–Kier alpha value is -2.19. The van der Waals surface area contributed by atoms with Gasteiger partial charge in [0.05, 0.1) is 11.5 Å². The first-order valence-electron chi connectivity index (χ1n) is 10.1. The maximum Gasteiger partial charge on any atom is 0.349 e. The number of amides is 1.